The molecule has 7 heteroatoms. The summed E-state index contributed by atoms with van der Waals surface area (Å²) in [6.45, 7) is 6.79. The predicted molar refractivity (Wildman–Crippen MR) is 91.3 cm³/mol. The summed E-state index contributed by atoms with van der Waals surface area (Å²) in [4.78, 5) is 12.5. The van der Waals surface area contributed by atoms with E-state index >= 15 is 0 Å². The third-order valence-corrected chi connectivity index (χ3v) is 9.47. The summed E-state index contributed by atoms with van der Waals surface area (Å²) in [5.74, 6) is -0.309. The lowest BCUT2D eigenvalue weighted by Gasteiger charge is -2.45. The van der Waals surface area contributed by atoms with Crippen molar-refractivity contribution < 1.29 is 27.9 Å². The van der Waals surface area contributed by atoms with E-state index in [4.69, 9.17) is 18.5 Å². The van der Waals surface area contributed by atoms with E-state index in [0.717, 1.165) is 12.8 Å². The van der Waals surface area contributed by atoms with Gasteiger partial charge in [0.15, 0.2) is 17.7 Å². The molecule has 0 aromatic heterocycles. The molecule has 1 aliphatic heterocycles. The topological polar surface area (TPSA) is 71.1 Å². The third-order valence-electron chi connectivity index (χ3n) is 7.61. The lowest BCUT2D eigenvalue weighted by Crippen LogP contribution is -2.49. The molecule has 4 aliphatic rings. The summed E-state index contributed by atoms with van der Waals surface area (Å²) in [6, 6.07) is 0. The largest absolute Gasteiger partial charge is 0.338 e. The summed E-state index contributed by atoms with van der Waals surface area (Å²) >= 11 is 0. The van der Waals surface area contributed by atoms with Crippen LogP contribution in [-0.4, -0.2) is 44.2 Å². The van der Waals surface area contributed by atoms with E-state index in [2.05, 4.69) is 20.8 Å². The van der Waals surface area contributed by atoms with Gasteiger partial charge in [-0.15, -0.1) is 0 Å². The maximum absolute atomic E-state index is 12.5. The molecule has 3 aliphatic carbocycles. The molecule has 25 heavy (non-hydrogen) atoms. The average molecular weight is 370 g/mol. The van der Waals surface area contributed by atoms with E-state index in [9.17, 15) is 9.36 Å². The summed E-state index contributed by atoms with van der Waals surface area (Å²) in [5, 5.41) is 0. The standard InChI is InChI=1S/C18H27O6P/c1-16(2)12-6-7-17(16,3)18(9-12)23-14-11(8-13(19)15(14)24-18)10-25(20,21-4)22-5/h8,12,14-15H,6-7,9-10H2,1-5H3. The van der Waals surface area contributed by atoms with Gasteiger partial charge in [-0.05, 0) is 35.8 Å². The minimum Gasteiger partial charge on any atom is -0.338 e. The molecule has 5 unspecified atom stereocenters. The van der Waals surface area contributed by atoms with Crippen molar-refractivity contribution in [1.29, 1.82) is 0 Å². The Balaban J connectivity index is 1.63. The molecule has 0 aromatic rings. The number of hydrogen-bond donors (Lipinski definition) is 0. The molecule has 6 nitrogen and oxygen atoms in total. The first-order valence-electron chi connectivity index (χ1n) is 8.92. The van der Waals surface area contributed by atoms with Crippen LogP contribution in [0.15, 0.2) is 11.6 Å². The molecule has 0 amide bonds. The Bertz CT molecular complexity index is 692. The molecule has 0 aromatic carbocycles. The van der Waals surface area contributed by atoms with Crippen molar-refractivity contribution in [3.05, 3.63) is 11.6 Å². The van der Waals surface area contributed by atoms with E-state index in [0.29, 0.717) is 11.5 Å². The second kappa shape index (κ2) is 5.26. The molecule has 1 spiro atoms. The number of carbonyl (C=O) groups is 1. The molecule has 4 rings (SSSR count). The zero-order chi connectivity index (χ0) is 18.3. The first-order chi connectivity index (χ1) is 11.6. The highest BCUT2D eigenvalue weighted by atomic mass is 31.2. The van der Waals surface area contributed by atoms with Gasteiger partial charge in [0.1, 0.15) is 6.10 Å². The van der Waals surface area contributed by atoms with Crippen LogP contribution in [0.1, 0.15) is 40.0 Å². The van der Waals surface area contributed by atoms with Gasteiger partial charge in [0.05, 0.1) is 6.16 Å². The molecule has 140 valence electrons. The van der Waals surface area contributed by atoms with Gasteiger partial charge in [-0.3, -0.25) is 9.36 Å². The van der Waals surface area contributed by atoms with Crippen molar-refractivity contribution in [3.8, 4) is 0 Å². The molecule has 1 saturated heterocycles. The quantitative estimate of drug-likeness (QED) is 0.707. The maximum atomic E-state index is 12.5. The van der Waals surface area contributed by atoms with Crippen LogP contribution in [0.5, 0.6) is 0 Å². The number of carbonyl (C=O) groups excluding carboxylic acids is 1. The molecular weight excluding hydrogens is 343 g/mol. The van der Waals surface area contributed by atoms with Gasteiger partial charge in [0, 0.05) is 26.1 Å². The van der Waals surface area contributed by atoms with Gasteiger partial charge in [0.2, 0.25) is 0 Å². The van der Waals surface area contributed by atoms with Gasteiger partial charge in [-0.1, -0.05) is 20.8 Å². The number of ketones is 1. The summed E-state index contributed by atoms with van der Waals surface area (Å²) in [7, 11) is -0.555. The Morgan fingerprint density at radius 3 is 2.36 bits per heavy atom. The highest BCUT2D eigenvalue weighted by Gasteiger charge is 2.74. The van der Waals surface area contributed by atoms with Crippen LogP contribution in [-0.2, 0) is 27.9 Å². The number of ether oxygens (including phenoxy) is 2. The second-order valence-corrected chi connectivity index (χ2v) is 10.8. The molecule has 1 heterocycles. The minimum atomic E-state index is -3.26. The van der Waals surface area contributed by atoms with Crippen molar-refractivity contribution in [2.45, 2.75) is 58.0 Å². The van der Waals surface area contributed by atoms with Crippen LogP contribution >= 0.6 is 7.60 Å². The third kappa shape index (κ3) is 2.12. The number of rotatable bonds is 4. The van der Waals surface area contributed by atoms with Crippen LogP contribution in [0.4, 0.5) is 0 Å². The highest BCUT2D eigenvalue weighted by molar-refractivity contribution is 7.54. The molecule has 3 fully saturated rings. The van der Waals surface area contributed by atoms with Crippen molar-refractivity contribution in [2.24, 2.45) is 16.7 Å². The van der Waals surface area contributed by atoms with Crippen LogP contribution in [0.25, 0.3) is 0 Å². The van der Waals surface area contributed by atoms with Gasteiger partial charge in [-0.25, -0.2) is 0 Å². The van der Waals surface area contributed by atoms with E-state index in [1.54, 1.807) is 0 Å². The fourth-order valence-corrected chi connectivity index (χ4v) is 6.62. The number of hydrogen-bond acceptors (Lipinski definition) is 6. The van der Waals surface area contributed by atoms with E-state index < -0.39 is 25.6 Å². The molecular formula is C18H27O6P. The predicted octanol–water partition coefficient (Wildman–Crippen LogP) is 3.31. The number of fused-ring (bicyclic) bond motifs is 4. The fraction of sp³-hybridized carbons (Fsp3) is 0.833. The fourth-order valence-electron chi connectivity index (χ4n) is 5.49. The Morgan fingerprint density at radius 2 is 1.84 bits per heavy atom. The Hall–Kier alpha value is -0.520. The van der Waals surface area contributed by atoms with E-state index in [-0.39, 0.29) is 22.8 Å². The van der Waals surface area contributed by atoms with Crippen molar-refractivity contribution in [3.63, 3.8) is 0 Å². The Kier molecular flexibility index (Phi) is 3.76. The van der Waals surface area contributed by atoms with E-state index in [1.807, 2.05) is 0 Å². The van der Waals surface area contributed by atoms with Crippen LogP contribution in [0.3, 0.4) is 0 Å². The first-order valence-corrected chi connectivity index (χ1v) is 10.6. The monoisotopic (exact) mass is 370 g/mol. The normalized spacial score (nSPS) is 44.6. The lowest BCUT2D eigenvalue weighted by molar-refractivity contribution is -0.248. The summed E-state index contributed by atoms with van der Waals surface area (Å²) in [5.41, 5.74) is 0.627. The summed E-state index contributed by atoms with van der Waals surface area (Å²) < 4.78 is 35.4. The van der Waals surface area contributed by atoms with Crippen molar-refractivity contribution >= 4 is 13.4 Å². The Morgan fingerprint density at radius 1 is 1.20 bits per heavy atom. The van der Waals surface area contributed by atoms with Gasteiger partial charge in [0.25, 0.3) is 0 Å². The molecule has 2 saturated carbocycles. The van der Waals surface area contributed by atoms with Crippen LogP contribution < -0.4 is 0 Å². The average Bonchev–Trinajstić information content (AvgIpc) is 3.19. The van der Waals surface area contributed by atoms with Crippen molar-refractivity contribution in [1.82, 2.24) is 0 Å². The minimum absolute atomic E-state index is 0.0515. The second-order valence-electron chi connectivity index (χ2n) is 8.58. The van der Waals surface area contributed by atoms with Gasteiger partial charge in [-0.2, -0.15) is 0 Å². The van der Waals surface area contributed by atoms with Crippen LogP contribution in [0.2, 0.25) is 0 Å². The van der Waals surface area contributed by atoms with Gasteiger partial charge >= 0.3 is 7.60 Å². The Labute approximate surface area is 148 Å². The van der Waals surface area contributed by atoms with Gasteiger partial charge < -0.3 is 18.5 Å². The molecule has 0 radical (unpaired) electrons. The lowest BCUT2D eigenvalue weighted by atomic mass is 9.68. The molecule has 2 bridgehead atoms. The zero-order valence-electron chi connectivity index (χ0n) is 15.5. The molecule has 0 N–H and O–H groups in total. The summed E-state index contributed by atoms with van der Waals surface area (Å²) in [6.07, 6.45) is 3.44. The molecule has 5 atom stereocenters. The smallest absolute Gasteiger partial charge is 0.334 e. The zero-order valence-corrected chi connectivity index (χ0v) is 16.4. The highest BCUT2D eigenvalue weighted by Crippen LogP contribution is 2.73. The van der Waals surface area contributed by atoms with E-state index in [1.165, 1.54) is 26.7 Å². The first kappa shape index (κ1) is 17.9. The van der Waals surface area contributed by atoms with Crippen molar-refractivity contribution in [2.75, 3.05) is 20.4 Å². The maximum Gasteiger partial charge on any atom is 0.334 e. The SMILES string of the molecule is COP(=O)(CC1=CC(=O)C2OC3(CC4CCC3(C)C4(C)C)OC12)OC. The van der Waals surface area contributed by atoms with Crippen LogP contribution in [0, 0.1) is 16.7 Å².